The van der Waals surface area contributed by atoms with Gasteiger partial charge in [0.1, 0.15) is 0 Å². The summed E-state index contributed by atoms with van der Waals surface area (Å²) in [6.45, 7) is 2.13. The van der Waals surface area contributed by atoms with Gasteiger partial charge in [-0.15, -0.1) is 11.8 Å². The highest BCUT2D eigenvalue weighted by Crippen LogP contribution is 2.26. The van der Waals surface area contributed by atoms with E-state index in [-0.39, 0.29) is 11.9 Å². The molecule has 0 spiro atoms. The molecule has 0 aliphatic heterocycles. The number of amides is 1. The molecule has 1 unspecified atom stereocenters. The molecule has 0 saturated carbocycles. The van der Waals surface area contributed by atoms with Gasteiger partial charge in [0.05, 0.1) is 6.04 Å². The van der Waals surface area contributed by atoms with Crippen LogP contribution in [0.4, 0.5) is 0 Å². The van der Waals surface area contributed by atoms with Gasteiger partial charge in [-0.2, -0.15) is 0 Å². The molecule has 3 heteroatoms. The molecule has 0 saturated heterocycles. The molecule has 1 aliphatic rings. The SMILES string of the molecule is CCC(NC(=O)c1ccc(CSc2ccccc2)cc1)c1ccc2c(c1)CCCC2. The van der Waals surface area contributed by atoms with E-state index < -0.39 is 0 Å². The lowest BCUT2D eigenvalue weighted by Crippen LogP contribution is -2.28. The van der Waals surface area contributed by atoms with Gasteiger partial charge in [-0.05, 0) is 78.6 Å². The number of carbonyl (C=O) groups is 1. The summed E-state index contributed by atoms with van der Waals surface area (Å²) in [4.78, 5) is 14.1. The van der Waals surface area contributed by atoms with Crippen LogP contribution in [0.25, 0.3) is 0 Å². The number of nitrogens with one attached hydrogen (secondary N) is 1. The van der Waals surface area contributed by atoms with Gasteiger partial charge in [0.2, 0.25) is 0 Å². The van der Waals surface area contributed by atoms with Crippen molar-refractivity contribution in [3.05, 3.63) is 101 Å². The number of thioether (sulfide) groups is 1. The van der Waals surface area contributed by atoms with Gasteiger partial charge in [-0.1, -0.05) is 55.5 Å². The number of carbonyl (C=O) groups excluding carboxylic acids is 1. The van der Waals surface area contributed by atoms with E-state index in [0.717, 1.165) is 24.2 Å². The van der Waals surface area contributed by atoms with Crippen LogP contribution >= 0.6 is 11.8 Å². The Morgan fingerprint density at radius 1 is 0.933 bits per heavy atom. The first-order valence-corrected chi connectivity index (χ1v) is 11.9. The maximum atomic E-state index is 12.9. The molecule has 154 valence electrons. The van der Waals surface area contributed by atoms with Gasteiger partial charge in [0.15, 0.2) is 0 Å². The van der Waals surface area contributed by atoms with Crippen LogP contribution in [0.2, 0.25) is 0 Å². The maximum Gasteiger partial charge on any atom is 0.251 e. The van der Waals surface area contributed by atoms with E-state index in [4.69, 9.17) is 0 Å². The zero-order chi connectivity index (χ0) is 20.8. The third kappa shape index (κ3) is 5.14. The minimum absolute atomic E-state index is 0.00170. The molecule has 1 atom stereocenters. The molecule has 0 fully saturated rings. The summed E-state index contributed by atoms with van der Waals surface area (Å²) in [7, 11) is 0. The largest absolute Gasteiger partial charge is 0.345 e. The van der Waals surface area contributed by atoms with Crippen LogP contribution in [0.15, 0.2) is 77.7 Å². The number of hydrogen-bond donors (Lipinski definition) is 1. The van der Waals surface area contributed by atoms with Crippen LogP contribution in [-0.4, -0.2) is 5.91 Å². The smallest absolute Gasteiger partial charge is 0.251 e. The van der Waals surface area contributed by atoms with E-state index in [1.807, 2.05) is 30.0 Å². The van der Waals surface area contributed by atoms with Crippen molar-refractivity contribution < 1.29 is 4.79 Å². The first-order chi connectivity index (χ1) is 14.7. The highest BCUT2D eigenvalue weighted by Gasteiger charge is 2.17. The fourth-order valence-corrected chi connectivity index (χ4v) is 4.94. The van der Waals surface area contributed by atoms with Crippen LogP contribution in [0.1, 0.15) is 64.8 Å². The first-order valence-electron chi connectivity index (χ1n) is 10.9. The van der Waals surface area contributed by atoms with Crippen molar-refractivity contribution in [3.63, 3.8) is 0 Å². The second-order valence-electron chi connectivity index (χ2n) is 7.97. The molecular weight excluding hydrogens is 386 g/mol. The number of fused-ring (bicyclic) bond motifs is 1. The zero-order valence-electron chi connectivity index (χ0n) is 17.6. The molecule has 4 rings (SSSR count). The quantitative estimate of drug-likeness (QED) is 0.433. The van der Waals surface area contributed by atoms with E-state index in [2.05, 4.69) is 66.8 Å². The Balaban J connectivity index is 1.38. The van der Waals surface area contributed by atoms with Crippen LogP contribution in [0.5, 0.6) is 0 Å². The van der Waals surface area contributed by atoms with Crippen molar-refractivity contribution >= 4 is 17.7 Å². The summed E-state index contributed by atoms with van der Waals surface area (Å²) >= 11 is 1.81. The van der Waals surface area contributed by atoms with E-state index >= 15 is 0 Å². The van der Waals surface area contributed by atoms with Crippen molar-refractivity contribution in [2.45, 2.75) is 55.7 Å². The topological polar surface area (TPSA) is 29.1 Å². The van der Waals surface area contributed by atoms with Crippen molar-refractivity contribution in [1.29, 1.82) is 0 Å². The predicted molar refractivity (Wildman–Crippen MR) is 126 cm³/mol. The number of aryl methyl sites for hydroxylation is 2. The Morgan fingerprint density at radius 2 is 1.67 bits per heavy atom. The van der Waals surface area contributed by atoms with E-state index in [1.165, 1.54) is 46.4 Å². The number of hydrogen-bond acceptors (Lipinski definition) is 2. The standard InChI is InChI=1S/C27H29NOS/c1-2-26(24-17-16-21-8-6-7-9-23(21)18-24)28-27(29)22-14-12-20(13-15-22)19-30-25-10-4-3-5-11-25/h3-5,10-18,26H,2,6-9,19H2,1H3,(H,28,29). The number of benzene rings is 3. The number of rotatable bonds is 7. The summed E-state index contributed by atoms with van der Waals surface area (Å²) in [5.74, 6) is 0.903. The Hall–Kier alpha value is -2.52. The summed E-state index contributed by atoms with van der Waals surface area (Å²) in [5, 5.41) is 3.24. The van der Waals surface area contributed by atoms with Gasteiger partial charge in [-0.25, -0.2) is 0 Å². The maximum absolute atomic E-state index is 12.9. The van der Waals surface area contributed by atoms with Crippen LogP contribution in [0.3, 0.4) is 0 Å². The summed E-state index contributed by atoms with van der Waals surface area (Å²) in [5.41, 5.74) is 6.12. The van der Waals surface area contributed by atoms with E-state index in [9.17, 15) is 4.79 Å². The summed E-state index contributed by atoms with van der Waals surface area (Å²) in [6.07, 6.45) is 5.80. The second-order valence-corrected chi connectivity index (χ2v) is 9.02. The van der Waals surface area contributed by atoms with Crippen molar-refractivity contribution in [3.8, 4) is 0 Å². The minimum atomic E-state index is 0.00170. The molecule has 1 N–H and O–H groups in total. The van der Waals surface area contributed by atoms with E-state index in [0.29, 0.717) is 0 Å². The molecule has 0 bridgehead atoms. The van der Waals surface area contributed by atoms with Crippen LogP contribution in [0, 0.1) is 0 Å². The van der Waals surface area contributed by atoms with Crippen molar-refractivity contribution in [2.75, 3.05) is 0 Å². The molecule has 3 aromatic carbocycles. The zero-order valence-corrected chi connectivity index (χ0v) is 18.4. The lowest BCUT2D eigenvalue weighted by Gasteiger charge is -2.22. The molecular formula is C27H29NOS. The Kier molecular flexibility index (Phi) is 6.91. The lowest BCUT2D eigenvalue weighted by atomic mass is 9.88. The minimum Gasteiger partial charge on any atom is -0.345 e. The molecule has 0 heterocycles. The third-order valence-corrected chi connectivity index (χ3v) is 6.94. The van der Waals surface area contributed by atoms with Gasteiger partial charge in [0, 0.05) is 16.2 Å². The van der Waals surface area contributed by atoms with Crippen LogP contribution < -0.4 is 5.32 Å². The van der Waals surface area contributed by atoms with Gasteiger partial charge >= 0.3 is 0 Å². The normalized spacial score (nSPS) is 14.0. The molecule has 30 heavy (non-hydrogen) atoms. The average Bonchev–Trinajstić information content (AvgIpc) is 2.81. The van der Waals surface area contributed by atoms with E-state index in [1.54, 1.807) is 0 Å². The predicted octanol–water partition coefficient (Wildman–Crippen LogP) is 6.74. The summed E-state index contributed by atoms with van der Waals surface area (Å²) in [6, 6.07) is 25.2. The molecule has 1 amide bonds. The molecule has 0 aromatic heterocycles. The second kappa shape index (κ2) is 9.99. The third-order valence-electron chi connectivity index (χ3n) is 5.85. The highest BCUT2D eigenvalue weighted by molar-refractivity contribution is 7.98. The Labute approximate surface area is 184 Å². The van der Waals surface area contributed by atoms with Gasteiger partial charge in [0.25, 0.3) is 5.91 Å². The van der Waals surface area contributed by atoms with Gasteiger partial charge in [-0.3, -0.25) is 4.79 Å². The monoisotopic (exact) mass is 415 g/mol. The molecule has 2 nitrogen and oxygen atoms in total. The molecule has 3 aromatic rings. The van der Waals surface area contributed by atoms with Crippen molar-refractivity contribution in [1.82, 2.24) is 5.32 Å². The van der Waals surface area contributed by atoms with Crippen molar-refractivity contribution in [2.24, 2.45) is 0 Å². The van der Waals surface area contributed by atoms with Crippen LogP contribution in [-0.2, 0) is 18.6 Å². The van der Waals surface area contributed by atoms with Gasteiger partial charge < -0.3 is 5.32 Å². The highest BCUT2D eigenvalue weighted by atomic mass is 32.2. The average molecular weight is 416 g/mol. The molecule has 0 radical (unpaired) electrons. The Bertz CT molecular complexity index is 982. The fourth-order valence-electron chi connectivity index (χ4n) is 4.07. The summed E-state index contributed by atoms with van der Waals surface area (Å²) < 4.78 is 0. The first kappa shape index (κ1) is 20.7. The fraction of sp³-hybridized carbons (Fsp3) is 0.296. The Morgan fingerprint density at radius 3 is 2.40 bits per heavy atom. The molecule has 1 aliphatic carbocycles. The lowest BCUT2D eigenvalue weighted by molar-refractivity contribution is 0.0935.